The number of hydrogen-bond acceptors (Lipinski definition) is 0. The van der Waals surface area contributed by atoms with E-state index >= 15 is 0 Å². The first-order valence-electron chi connectivity index (χ1n) is 8.74. The zero-order valence-electron chi connectivity index (χ0n) is 14.9. The second kappa shape index (κ2) is 10.6. The zero-order chi connectivity index (χ0) is 15.6. The summed E-state index contributed by atoms with van der Waals surface area (Å²) in [6.07, 6.45) is 14.2. The third-order valence-electron chi connectivity index (χ3n) is 5.33. The molecule has 2 aliphatic rings. The summed E-state index contributed by atoms with van der Waals surface area (Å²) in [5.41, 5.74) is 5.79. The van der Waals surface area contributed by atoms with Gasteiger partial charge in [-0.3, -0.25) is 0 Å². The van der Waals surface area contributed by atoms with Gasteiger partial charge < -0.3 is 31.2 Å². The summed E-state index contributed by atoms with van der Waals surface area (Å²) >= 11 is 0. The molecule has 0 fully saturated rings. The van der Waals surface area contributed by atoms with E-state index in [-0.39, 0.29) is 51.0 Å². The minimum absolute atomic E-state index is 0. The predicted octanol–water partition coefficient (Wildman–Crippen LogP) is 0.234. The molecule has 4 rings (SSSR count). The Kier molecular flexibility index (Phi) is 9.59. The molecule has 0 aromatic heterocycles. The van der Waals surface area contributed by atoms with Crippen LogP contribution in [0.25, 0.3) is 12.2 Å². The second-order valence-electron chi connectivity index (χ2n) is 6.62. The van der Waals surface area contributed by atoms with Crippen LogP contribution in [0.1, 0.15) is 53.9 Å². The van der Waals surface area contributed by atoms with Crippen molar-refractivity contribution in [3.05, 3.63) is 89.4 Å². The van der Waals surface area contributed by atoms with Gasteiger partial charge in [0.2, 0.25) is 0 Å². The topological polar surface area (TPSA) is 0 Å². The molecule has 0 saturated heterocycles. The van der Waals surface area contributed by atoms with Gasteiger partial charge >= 0.3 is 26.2 Å². The van der Waals surface area contributed by atoms with Crippen LogP contribution in [0.4, 0.5) is 0 Å². The summed E-state index contributed by atoms with van der Waals surface area (Å²) in [7, 11) is 0. The molecular weight excluding hydrogens is 438 g/mol. The molecule has 0 heterocycles. The Bertz CT molecular complexity index is 705. The van der Waals surface area contributed by atoms with Gasteiger partial charge in [-0.05, 0) is 28.2 Å². The molecule has 1 radical (unpaired) electrons. The van der Waals surface area contributed by atoms with Gasteiger partial charge in [-0.1, -0.05) is 79.8 Å². The average molecular weight is 462 g/mol. The Balaban J connectivity index is 0.00000113. The number of benzene rings is 2. The third kappa shape index (κ3) is 4.44. The van der Waals surface area contributed by atoms with E-state index in [1.54, 1.807) is 0 Å². The van der Waals surface area contributed by atoms with E-state index in [9.17, 15) is 0 Å². The molecule has 3 heteroatoms. The predicted molar refractivity (Wildman–Crippen MR) is 99.1 cm³/mol. The van der Waals surface area contributed by atoms with Gasteiger partial charge in [-0.25, -0.2) is 0 Å². The largest absolute Gasteiger partial charge is 3.00 e. The molecule has 0 N–H and O–H groups in total. The normalized spacial score (nSPS) is 19.6. The fraction of sp³-hybridized carbons (Fsp3) is 0.261. The smallest absolute Gasteiger partial charge is 1.00 e. The maximum absolute atomic E-state index is 2.45. The van der Waals surface area contributed by atoms with E-state index in [0.29, 0.717) is 17.8 Å². The van der Waals surface area contributed by atoms with E-state index in [4.69, 9.17) is 0 Å². The summed E-state index contributed by atoms with van der Waals surface area (Å²) in [5, 5.41) is 0. The Labute approximate surface area is 189 Å². The van der Waals surface area contributed by atoms with Crippen molar-refractivity contribution < 1.29 is 51.0 Å². The molecule has 2 aliphatic carbocycles. The number of fused-ring (bicyclic) bond motifs is 2. The molecule has 2 unspecified atom stereocenters. The van der Waals surface area contributed by atoms with Gasteiger partial charge in [-0.2, -0.15) is 12.8 Å². The first-order chi connectivity index (χ1) is 11.4. The Morgan fingerprint density at radius 3 is 1.73 bits per heavy atom. The first kappa shape index (κ1) is 23.4. The van der Waals surface area contributed by atoms with E-state index in [1.807, 2.05) is 0 Å². The molecule has 0 spiro atoms. The Hall–Kier alpha value is -0.617. The van der Waals surface area contributed by atoms with Gasteiger partial charge in [0, 0.05) is 11.8 Å². The van der Waals surface area contributed by atoms with Crippen molar-refractivity contribution in [3.63, 3.8) is 0 Å². The number of allylic oxidation sites excluding steroid dienone is 2. The van der Waals surface area contributed by atoms with Crippen LogP contribution in [0.5, 0.6) is 0 Å². The van der Waals surface area contributed by atoms with E-state index < -0.39 is 0 Å². The van der Waals surface area contributed by atoms with Crippen LogP contribution in [0, 0.1) is 12.3 Å². The molecule has 0 aliphatic heterocycles. The van der Waals surface area contributed by atoms with Crippen molar-refractivity contribution in [1.29, 1.82) is 0 Å². The maximum Gasteiger partial charge on any atom is 3.00 e. The Morgan fingerprint density at radius 1 is 0.808 bits per heavy atom. The van der Waals surface area contributed by atoms with Gasteiger partial charge in [0.1, 0.15) is 0 Å². The van der Waals surface area contributed by atoms with E-state index in [2.05, 4.69) is 86.2 Å². The van der Waals surface area contributed by atoms with Crippen LogP contribution in [0.15, 0.2) is 60.7 Å². The molecule has 0 bridgehead atoms. The van der Waals surface area contributed by atoms with Crippen LogP contribution in [-0.4, -0.2) is 0 Å². The zero-order valence-corrected chi connectivity index (χ0v) is 18.9. The van der Waals surface area contributed by atoms with Crippen molar-refractivity contribution in [2.24, 2.45) is 5.92 Å². The molecule has 0 nitrogen and oxygen atoms in total. The van der Waals surface area contributed by atoms with E-state index in [1.165, 1.54) is 28.7 Å². The molecule has 133 valence electrons. The monoisotopic (exact) mass is 459 g/mol. The minimum Gasteiger partial charge on any atom is -1.00 e. The number of rotatable bonds is 5. The third-order valence-corrected chi connectivity index (χ3v) is 5.33. The summed E-state index contributed by atoms with van der Waals surface area (Å²) in [6, 6.07) is 17.7. The summed E-state index contributed by atoms with van der Waals surface area (Å²) < 4.78 is 0. The van der Waals surface area contributed by atoms with Crippen LogP contribution in [0.2, 0.25) is 0 Å². The summed E-state index contributed by atoms with van der Waals surface area (Å²) in [6.45, 7) is 2.24. The van der Waals surface area contributed by atoms with Crippen molar-refractivity contribution in [2.45, 2.75) is 31.6 Å². The standard InChI is InChI=1S/C23H23.2ClH.Zr/c1-2-3-10-21(22-15-13-17-8-4-6-11-19(17)22)23-16-14-18-9-5-7-12-20(18)23;;;/h3-9,11-16,21-23H,2,10H2,1H3;2*1H;/q-1;;;+3/p-2. The first-order valence-corrected chi connectivity index (χ1v) is 8.74. The number of hydrogen-bond donors (Lipinski definition) is 0. The molecule has 0 saturated carbocycles. The molecule has 2 atom stereocenters. The van der Waals surface area contributed by atoms with Gasteiger partial charge in [0.05, 0.1) is 0 Å². The van der Waals surface area contributed by atoms with E-state index in [0.717, 1.165) is 6.42 Å². The average Bonchev–Trinajstić information content (AvgIpc) is 3.21. The molecule has 26 heavy (non-hydrogen) atoms. The van der Waals surface area contributed by atoms with Crippen LogP contribution >= 0.6 is 0 Å². The molecular formula is C23H23Cl2Zr. The van der Waals surface area contributed by atoms with Crippen LogP contribution < -0.4 is 24.8 Å². The second-order valence-corrected chi connectivity index (χ2v) is 6.62. The molecule has 0 amide bonds. The fourth-order valence-electron chi connectivity index (χ4n) is 4.18. The minimum atomic E-state index is 0. The SMILES string of the molecule is CC[CH-]CC(C1C=Cc2ccccc21)C1C=Cc2ccccc21.[Cl-].[Cl-].[Zr+3]. The van der Waals surface area contributed by atoms with Crippen LogP contribution in [0.3, 0.4) is 0 Å². The van der Waals surface area contributed by atoms with Gasteiger partial charge in [0.25, 0.3) is 0 Å². The van der Waals surface area contributed by atoms with Crippen LogP contribution in [-0.2, 0) is 26.2 Å². The van der Waals surface area contributed by atoms with Gasteiger partial charge in [0.15, 0.2) is 0 Å². The Morgan fingerprint density at radius 2 is 1.27 bits per heavy atom. The maximum atomic E-state index is 2.45. The van der Waals surface area contributed by atoms with Crippen molar-refractivity contribution in [2.75, 3.05) is 0 Å². The fourth-order valence-corrected chi connectivity index (χ4v) is 4.18. The summed E-state index contributed by atoms with van der Waals surface area (Å²) in [4.78, 5) is 0. The number of unbranched alkanes of at least 4 members (excludes halogenated alkanes) is 1. The quantitative estimate of drug-likeness (QED) is 0.560. The summed E-state index contributed by atoms with van der Waals surface area (Å²) in [5.74, 6) is 1.65. The number of halogens is 2. The molecule has 2 aromatic rings. The van der Waals surface area contributed by atoms with Crippen molar-refractivity contribution >= 4 is 12.2 Å². The molecule has 2 aromatic carbocycles. The van der Waals surface area contributed by atoms with Crippen molar-refractivity contribution in [1.82, 2.24) is 0 Å². The van der Waals surface area contributed by atoms with Gasteiger partial charge in [-0.15, -0.1) is 0 Å². The van der Waals surface area contributed by atoms with Crippen molar-refractivity contribution in [3.8, 4) is 0 Å².